The van der Waals surface area contributed by atoms with E-state index in [1.165, 1.54) is 12.1 Å². The van der Waals surface area contributed by atoms with Gasteiger partial charge in [-0.2, -0.15) is 13.2 Å². The van der Waals surface area contributed by atoms with E-state index in [9.17, 15) is 21.6 Å². The molecular formula is C13H18F3NO2S. The quantitative estimate of drug-likeness (QED) is 0.879. The van der Waals surface area contributed by atoms with E-state index in [1.54, 1.807) is 13.8 Å². The molecule has 1 unspecified atom stereocenters. The van der Waals surface area contributed by atoms with Gasteiger partial charge in [0.1, 0.15) is 0 Å². The SMILES string of the molecule is CCS(=O)(=O)CCNC(C)c1ccc(C(F)(F)F)cc1. The van der Waals surface area contributed by atoms with Gasteiger partial charge in [-0.25, -0.2) is 8.42 Å². The summed E-state index contributed by atoms with van der Waals surface area (Å²) >= 11 is 0. The van der Waals surface area contributed by atoms with Crippen molar-refractivity contribution in [1.82, 2.24) is 5.32 Å². The van der Waals surface area contributed by atoms with Gasteiger partial charge >= 0.3 is 6.18 Å². The lowest BCUT2D eigenvalue weighted by molar-refractivity contribution is -0.137. The molecule has 114 valence electrons. The molecule has 0 heterocycles. The second kappa shape index (κ2) is 6.58. The molecule has 0 fully saturated rings. The average Bonchev–Trinajstić information content (AvgIpc) is 2.37. The molecule has 0 aliphatic rings. The van der Waals surface area contributed by atoms with Crippen molar-refractivity contribution in [3.05, 3.63) is 35.4 Å². The average molecular weight is 309 g/mol. The van der Waals surface area contributed by atoms with Gasteiger partial charge in [-0.15, -0.1) is 0 Å². The maximum atomic E-state index is 12.4. The van der Waals surface area contributed by atoms with Crippen molar-refractivity contribution < 1.29 is 21.6 Å². The first-order valence-corrected chi connectivity index (χ1v) is 8.09. The third kappa shape index (κ3) is 5.13. The minimum absolute atomic E-state index is 0.0223. The topological polar surface area (TPSA) is 46.2 Å². The van der Waals surface area contributed by atoms with Crippen LogP contribution in [0.5, 0.6) is 0 Å². The first-order valence-electron chi connectivity index (χ1n) is 6.26. The lowest BCUT2D eigenvalue weighted by atomic mass is 10.1. The molecular weight excluding hydrogens is 291 g/mol. The van der Waals surface area contributed by atoms with Crippen molar-refractivity contribution in [2.75, 3.05) is 18.1 Å². The number of nitrogens with one attached hydrogen (secondary N) is 1. The summed E-state index contributed by atoms with van der Waals surface area (Å²) in [6, 6.07) is 4.64. The Balaban J connectivity index is 2.58. The van der Waals surface area contributed by atoms with Crippen LogP contribution >= 0.6 is 0 Å². The zero-order chi connectivity index (χ0) is 15.4. The molecule has 0 radical (unpaired) electrons. The Bertz CT molecular complexity index is 524. The Kier molecular flexibility index (Phi) is 5.59. The monoisotopic (exact) mass is 309 g/mol. The molecule has 20 heavy (non-hydrogen) atoms. The van der Waals surface area contributed by atoms with Gasteiger partial charge in [0.15, 0.2) is 9.84 Å². The summed E-state index contributed by atoms with van der Waals surface area (Å²) in [5.74, 6) is 0.109. The maximum Gasteiger partial charge on any atom is 0.416 e. The van der Waals surface area contributed by atoms with E-state index in [-0.39, 0.29) is 24.1 Å². The molecule has 0 saturated carbocycles. The molecule has 0 saturated heterocycles. The van der Waals surface area contributed by atoms with E-state index < -0.39 is 21.6 Å². The predicted molar refractivity (Wildman–Crippen MR) is 72.2 cm³/mol. The van der Waals surface area contributed by atoms with E-state index in [0.717, 1.165) is 12.1 Å². The summed E-state index contributed by atoms with van der Waals surface area (Å²) in [5, 5.41) is 2.99. The molecule has 0 bridgehead atoms. The van der Waals surface area contributed by atoms with Gasteiger partial charge in [0, 0.05) is 18.3 Å². The fourth-order valence-corrected chi connectivity index (χ4v) is 2.37. The van der Waals surface area contributed by atoms with E-state index >= 15 is 0 Å². The van der Waals surface area contributed by atoms with Crippen LogP contribution in [-0.4, -0.2) is 26.5 Å². The van der Waals surface area contributed by atoms with Crippen LogP contribution in [0, 0.1) is 0 Å². The van der Waals surface area contributed by atoms with Crippen LogP contribution < -0.4 is 5.32 Å². The Hall–Kier alpha value is -1.08. The van der Waals surface area contributed by atoms with Crippen LogP contribution in [0.4, 0.5) is 13.2 Å². The molecule has 3 nitrogen and oxygen atoms in total. The van der Waals surface area contributed by atoms with Crippen molar-refractivity contribution in [1.29, 1.82) is 0 Å². The zero-order valence-electron chi connectivity index (χ0n) is 11.4. The van der Waals surface area contributed by atoms with Crippen LogP contribution in [0.25, 0.3) is 0 Å². The summed E-state index contributed by atoms with van der Waals surface area (Å²) in [5.41, 5.74) is -0.00564. The largest absolute Gasteiger partial charge is 0.416 e. The molecule has 1 N–H and O–H groups in total. The molecule has 0 amide bonds. The van der Waals surface area contributed by atoms with Crippen molar-refractivity contribution >= 4 is 9.84 Å². The van der Waals surface area contributed by atoms with Gasteiger partial charge < -0.3 is 5.32 Å². The van der Waals surface area contributed by atoms with Gasteiger partial charge in [-0.3, -0.25) is 0 Å². The Morgan fingerprint density at radius 2 is 1.75 bits per heavy atom. The second-order valence-corrected chi connectivity index (χ2v) is 7.00. The van der Waals surface area contributed by atoms with Crippen molar-refractivity contribution in [2.45, 2.75) is 26.1 Å². The van der Waals surface area contributed by atoms with E-state index in [4.69, 9.17) is 0 Å². The highest BCUT2D eigenvalue weighted by molar-refractivity contribution is 7.91. The standard InChI is InChI=1S/C13H18F3NO2S/c1-3-20(18,19)9-8-17-10(2)11-4-6-12(7-5-11)13(14,15)16/h4-7,10,17H,3,8-9H2,1-2H3. The highest BCUT2D eigenvalue weighted by Gasteiger charge is 2.30. The molecule has 1 atom stereocenters. The molecule has 7 heteroatoms. The Morgan fingerprint density at radius 1 is 1.20 bits per heavy atom. The van der Waals surface area contributed by atoms with Crippen molar-refractivity contribution in [2.24, 2.45) is 0 Å². The number of hydrogen-bond acceptors (Lipinski definition) is 3. The number of alkyl halides is 3. The van der Waals surface area contributed by atoms with E-state index in [1.807, 2.05) is 0 Å². The van der Waals surface area contributed by atoms with Crippen LogP contribution in [0.2, 0.25) is 0 Å². The van der Waals surface area contributed by atoms with Gasteiger partial charge in [-0.05, 0) is 24.6 Å². The smallest absolute Gasteiger partial charge is 0.309 e. The zero-order valence-corrected chi connectivity index (χ0v) is 12.2. The van der Waals surface area contributed by atoms with E-state index in [2.05, 4.69) is 5.32 Å². The van der Waals surface area contributed by atoms with Crippen LogP contribution in [0.15, 0.2) is 24.3 Å². The molecule has 1 rings (SSSR count). The van der Waals surface area contributed by atoms with Crippen molar-refractivity contribution in [3.63, 3.8) is 0 Å². The number of benzene rings is 1. The fourth-order valence-electron chi connectivity index (χ4n) is 1.65. The molecule has 0 spiro atoms. The third-order valence-electron chi connectivity index (χ3n) is 3.04. The molecule has 0 aromatic heterocycles. The van der Waals surface area contributed by atoms with Crippen LogP contribution in [0.1, 0.15) is 31.0 Å². The van der Waals surface area contributed by atoms with Crippen LogP contribution in [0.3, 0.4) is 0 Å². The first-order chi connectivity index (χ1) is 9.15. The second-order valence-electron chi connectivity index (χ2n) is 4.53. The van der Waals surface area contributed by atoms with Gasteiger partial charge in [0.25, 0.3) is 0 Å². The fraction of sp³-hybridized carbons (Fsp3) is 0.538. The normalized spacial score (nSPS) is 14.2. The highest BCUT2D eigenvalue weighted by atomic mass is 32.2. The number of rotatable bonds is 6. The summed E-state index contributed by atoms with van der Waals surface area (Å²) in [7, 11) is -3.03. The number of halogens is 3. The summed E-state index contributed by atoms with van der Waals surface area (Å²) in [4.78, 5) is 0. The van der Waals surface area contributed by atoms with Gasteiger partial charge in [0.05, 0.1) is 11.3 Å². The predicted octanol–water partition coefficient (Wildman–Crippen LogP) is 2.79. The summed E-state index contributed by atoms with van der Waals surface area (Å²) in [6.07, 6.45) is -4.34. The molecule has 0 aliphatic carbocycles. The molecule has 0 aliphatic heterocycles. The number of sulfone groups is 1. The number of hydrogen-bond donors (Lipinski definition) is 1. The van der Waals surface area contributed by atoms with Gasteiger partial charge in [-0.1, -0.05) is 19.1 Å². The third-order valence-corrected chi connectivity index (χ3v) is 4.75. The van der Waals surface area contributed by atoms with Crippen LogP contribution in [-0.2, 0) is 16.0 Å². The molecule has 1 aromatic carbocycles. The Morgan fingerprint density at radius 3 is 2.20 bits per heavy atom. The lowest BCUT2D eigenvalue weighted by Crippen LogP contribution is -2.26. The summed E-state index contributed by atoms with van der Waals surface area (Å²) < 4.78 is 59.8. The van der Waals surface area contributed by atoms with Crippen molar-refractivity contribution in [3.8, 4) is 0 Å². The van der Waals surface area contributed by atoms with E-state index in [0.29, 0.717) is 5.56 Å². The minimum atomic E-state index is -4.34. The highest BCUT2D eigenvalue weighted by Crippen LogP contribution is 2.29. The maximum absolute atomic E-state index is 12.4. The Labute approximate surface area is 117 Å². The van der Waals surface area contributed by atoms with Gasteiger partial charge in [0.2, 0.25) is 0 Å². The first kappa shape index (κ1) is 17.0. The summed E-state index contributed by atoms with van der Waals surface area (Å²) in [6.45, 7) is 3.63. The molecule has 1 aromatic rings. The minimum Gasteiger partial charge on any atom is -0.309 e. The lowest BCUT2D eigenvalue weighted by Gasteiger charge is -2.15.